The van der Waals surface area contributed by atoms with Crippen LogP contribution in [0.25, 0.3) is 22.7 Å². The summed E-state index contributed by atoms with van der Waals surface area (Å²) in [6.07, 6.45) is 0.0285. The molecule has 1 aromatic carbocycles. The van der Waals surface area contributed by atoms with Gasteiger partial charge in [-0.05, 0) is 51.1 Å². The quantitative estimate of drug-likeness (QED) is 0.572. The van der Waals surface area contributed by atoms with Crippen LogP contribution >= 0.6 is 11.6 Å². The molecule has 0 bridgehead atoms. The first-order valence-electron chi connectivity index (χ1n) is 7.57. The molecule has 122 valence electrons. The molecule has 0 amide bonds. The molecule has 4 aromatic rings. The number of hydrogen-bond donors (Lipinski definition) is 0. The molecule has 3 heterocycles. The first-order chi connectivity index (χ1) is 11.5. The molecule has 0 saturated heterocycles. The zero-order chi connectivity index (χ0) is 16.8. The van der Waals surface area contributed by atoms with Crippen LogP contribution in [0.2, 0.25) is 5.02 Å². The summed E-state index contributed by atoms with van der Waals surface area (Å²) >= 11 is 6.21. The SMILES string of the molecule is Cc1nnc2ccc3nnc(-c4cc(Cl)ccc4OC(C)C)n3n12. The number of benzene rings is 1. The third-order valence-corrected chi connectivity index (χ3v) is 3.85. The third kappa shape index (κ3) is 2.28. The minimum Gasteiger partial charge on any atom is -0.490 e. The number of nitrogens with zero attached hydrogens (tertiary/aromatic N) is 6. The van der Waals surface area contributed by atoms with Crippen molar-refractivity contribution in [3.05, 3.63) is 41.2 Å². The fourth-order valence-corrected chi connectivity index (χ4v) is 2.84. The molecule has 0 aliphatic heterocycles. The van der Waals surface area contributed by atoms with Crippen molar-refractivity contribution in [2.75, 3.05) is 0 Å². The van der Waals surface area contributed by atoms with Gasteiger partial charge in [0, 0.05) is 5.02 Å². The van der Waals surface area contributed by atoms with E-state index in [9.17, 15) is 0 Å². The summed E-state index contributed by atoms with van der Waals surface area (Å²) in [5.41, 5.74) is 2.18. The minimum absolute atomic E-state index is 0.0285. The maximum absolute atomic E-state index is 6.21. The molecule has 24 heavy (non-hydrogen) atoms. The highest BCUT2D eigenvalue weighted by Gasteiger charge is 2.18. The van der Waals surface area contributed by atoms with Crippen LogP contribution in [-0.4, -0.2) is 35.5 Å². The number of rotatable bonds is 3. The van der Waals surface area contributed by atoms with Gasteiger partial charge in [0.1, 0.15) is 11.6 Å². The molecule has 0 aliphatic rings. The van der Waals surface area contributed by atoms with Gasteiger partial charge in [0.25, 0.3) is 0 Å². The molecule has 0 N–H and O–H groups in total. The van der Waals surface area contributed by atoms with Gasteiger partial charge in [0.2, 0.25) is 0 Å². The van der Waals surface area contributed by atoms with Crippen molar-refractivity contribution in [2.45, 2.75) is 26.9 Å². The van der Waals surface area contributed by atoms with E-state index in [-0.39, 0.29) is 6.10 Å². The first kappa shape index (κ1) is 14.9. The van der Waals surface area contributed by atoms with E-state index in [4.69, 9.17) is 16.3 Å². The smallest absolute Gasteiger partial charge is 0.187 e. The summed E-state index contributed by atoms with van der Waals surface area (Å²) in [5.74, 6) is 2.06. The van der Waals surface area contributed by atoms with E-state index in [2.05, 4.69) is 20.4 Å². The largest absolute Gasteiger partial charge is 0.490 e. The van der Waals surface area contributed by atoms with E-state index >= 15 is 0 Å². The fourth-order valence-electron chi connectivity index (χ4n) is 2.67. The number of ether oxygens (including phenoxy) is 1. The summed E-state index contributed by atoms with van der Waals surface area (Å²) < 4.78 is 9.65. The maximum atomic E-state index is 6.21. The van der Waals surface area contributed by atoms with Gasteiger partial charge < -0.3 is 4.74 Å². The molecule has 0 spiro atoms. The van der Waals surface area contributed by atoms with E-state index < -0.39 is 0 Å². The maximum Gasteiger partial charge on any atom is 0.187 e. The van der Waals surface area contributed by atoms with E-state index in [1.807, 2.05) is 54.1 Å². The Balaban J connectivity index is 2.05. The van der Waals surface area contributed by atoms with E-state index in [1.165, 1.54) is 0 Å². The monoisotopic (exact) mass is 342 g/mol. The molecule has 3 aromatic heterocycles. The topological polar surface area (TPSA) is 69.6 Å². The standard InChI is InChI=1S/C16H15ClN6O/c1-9(2)24-13-5-4-11(17)8-12(13)16-21-20-15-7-6-14-19-18-10(3)22(14)23(15)16/h4-9H,1-3H3. The molecule has 0 fully saturated rings. The molecule has 0 aliphatic carbocycles. The number of aromatic nitrogens is 6. The average molecular weight is 343 g/mol. The Labute approximate surface area is 142 Å². The Morgan fingerprint density at radius 2 is 1.67 bits per heavy atom. The molecular formula is C16H15ClN6O. The fraction of sp³-hybridized carbons (Fsp3) is 0.250. The summed E-state index contributed by atoms with van der Waals surface area (Å²) in [6.45, 7) is 5.83. The normalized spacial score (nSPS) is 11.7. The highest BCUT2D eigenvalue weighted by atomic mass is 35.5. The number of fused-ring (bicyclic) bond motifs is 3. The lowest BCUT2D eigenvalue weighted by atomic mass is 10.2. The number of aryl methyl sites for hydroxylation is 1. The van der Waals surface area contributed by atoms with E-state index in [1.54, 1.807) is 6.07 Å². The van der Waals surface area contributed by atoms with Crippen molar-refractivity contribution < 1.29 is 4.74 Å². The Morgan fingerprint density at radius 3 is 2.42 bits per heavy atom. The Bertz CT molecular complexity index is 1050. The second-order valence-corrected chi connectivity index (χ2v) is 6.19. The van der Waals surface area contributed by atoms with Crippen molar-refractivity contribution in [3.63, 3.8) is 0 Å². The summed E-state index contributed by atoms with van der Waals surface area (Å²) in [4.78, 5) is 0. The Kier molecular flexibility index (Phi) is 3.38. The van der Waals surface area contributed by atoms with Crippen LogP contribution in [0, 0.1) is 6.92 Å². The van der Waals surface area contributed by atoms with Gasteiger partial charge in [-0.1, -0.05) is 11.6 Å². The molecule has 8 heteroatoms. The van der Waals surface area contributed by atoms with Gasteiger partial charge >= 0.3 is 0 Å². The molecular weight excluding hydrogens is 328 g/mol. The van der Waals surface area contributed by atoms with Crippen molar-refractivity contribution in [1.29, 1.82) is 0 Å². The van der Waals surface area contributed by atoms with Crippen LogP contribution < -0.4 is 4.74 Å². The van der Waals surface area contributed by atoms with Gasteiger partial charge in [0.15, 0.2) is 17.1 Å². The van der Waals surface area contributed by atoms with E-state index in [0.29, 0.717) is 22.2 Å². The average Bonchev–Trinajstić information content (AvgIpc) is 3.12. The van der Waals surface area contributed by atoms with Crippen LogP contribution in [0.3, 0.4) is 0 Å². The van der Waals surface area contributed by atoms with Gasteiger partial charge in [-0.25, -0.2) is 9.03 Å². The van der Waals surface area contributed by atoms with Crippen LogP contribution in [0.15, 0.2) is 30.3 Å². The number of halogens is 1. The zero-order valence-corrected chi connectivity index (χ0v) is 14.2. The van der Waals surface area contributed by atoms with Crippen LogP contribution in [-0.2, 0) is 0 Å². The van der Waals surface area contributed by atoms with Gasteiger partial charge in [-0.2, -0.15) is 0 Å². The summed E-state index contributed by atoms with van der Waals surface area (Å²) in [6, 6.07) is 9.18. The van der Waals surface area contributed by atoms with Crippen LogP contribution in [0.4, 0.5) is 0 Å². The highest BCUT2D eigenvalue weighted by molar-refractivity contribution is 6.30. The molecule has 0 radical (unpaired) electrons. The van der Waals surface area contributed by atoms with E-state index in [0.717, 1.165) is 17.0 Å². The van der Waals surface area contributed by atoms with Gasteiger partial charge in [0.05, 0.1) is 11.7 Å². The van der Waals surface area contributed by atoms with Gasteiger partial charge in [-0.3, -0.25) is 0 Å². The zero-order valence-electron chi connectivity index (χ0n) is 13.4. The van der Waals surface area contributed by atoms with Crippen molar-refractivity contribution in [1.82, 2.24) is 29.4 Å². The van der Waals surface area contributed by atoms with Crippen LogP contribution in [0.5, 0.6) is 5.75 Å². The molecule has 0 unspecified atom stereocenters. The lowest BCUT2D eigenvalue weighted by molar-refractivity contribution is 0.243. The molecule has 0 saturated carbocycles. The van der Waals surface area contributed by atoms with Crippen molar-refractivity contribution >= 4 is 22.9 Å². The first-order valence-corrected chi connectivity index (χ1v) is 7.95. The second kappa shape index (κ2) is 5.45. The molecule has 7 nitrogen and oxygen atoms in total. The molecule has 0 atom stereocenters. The summed E-state index contributed by atoms with van der Waals surface area (Å²) in [7, 11) is 0. The molecule has 4 rings (SSSR count). The van der Waals surface area contributed by atoms with Crippen molar-refractivity contribution in [2.24, 2.45) is 0 Å². The Hall–Kier alpha value is -2.67. The van der Waals surface area contributed by atoms with Gasteiger partial charge in [-0.15, -0.1) is 20.4 Å². The highest BCUT2D eigenvalue weighted by Crippen LogP contribution is 2.32. The second-order valence-electron chi connectivity index (χ2n) is 5.75. The van der Waals surface area contributed by atoms with Crippen LogP contribution in [0.1, 0.15) is 19.7 Å². The number of hydrogen-bond acceptors (Lipinski definition) is 5. The predicted octanol–water partition coefficient (Wildman–Crippen LogP) is 3.19. The third-order valence-electron chi connectivity index (χ3n) is 3.61. The van der Waals surface area contributed by atoms with Crippen molar-refractivity contribution in [3.8, 4) is 17.1 Å². The lowest BCUT2D eigenvalue weighted by Crippen LogP contribution is -2.08. The lowest BCUT2D eigenvalue weighted by Gasteiger charge is -2.14. The summed E-state index contributed by atoms with van der Waals surface area (Å²) in [5, 5.41) is 17.5. The Morgan fingerprint density at radius 1 is 0.958 bits per heavy atom. The predicted molar refractivity (Wildman–Crippen MR) is 90.5 cm³/mol. The minimum atomic E-state index is 0.0285.